The van der Waals surface area contributed by atoms with Gasteiger partial charge in [-0.25, -0.2) is 4.39 Å². The lowest BCUT2D eigenvalue weighted by molar-refractivity contribution is -0.135. The molecule has 6 heteroatoms. The summed E-state index contributed by atoms with van der Waals surface area (Å²) in [5.41, 5.74) is 0.764. The molecule has 0 spiro atoms. The minimum atomic E-state index is -0.313. The number of nitrogens with one attached hydrogen (secondary N) is 2. The highest BCUT2D eigenvalue weighted by molar-refractivity contribution is 5.85. The standard InChI is InChI=1S/C16H22FN3O2/c1-2-4-15(21)19-11-16(22)20-8-7-18-10-14(20)12-5-3-6-13(17)9-12/h3,5-6,9,14,18H,2,4,7-8,10-11H2,1H3,(H,19,21). The summed E-state index contributed by atoms with van der Waals surface area (Å²) in [4.78, 5) is 25.6. The molecule has 0 aromatic heterocycles. The predicted molar refractivity (Wildman–Crippen MR) is 81.6 cm³/mol. The minimum Gasteiger partial charge on any atom is -0.347 e. The molecule has 22 heavy (non-hydrogen) atoms. The molecule has 1 unspecified atom stereocenters. The molecule has 2 N–H and O–H groups in total. The highest BCUT2D eigenvalue weighted by Gasteiger charge is 2.27. The van der Waals surface area contributed by atoms with E-state index >= 15 is 0 Å². The summed E-state index contributed by atoms with van der Waals surface area (Å²) >= 11 is 0. The maximum Gasteiger partial charge on any atom is 0.242 e. The predicted octanol–water partition coefficient (Wildman–Crippen LogP) is 1.21. The zero-order valence-electron chi connectivity index (χ0n) is 12.8. The molecule has 0 aliphatic carbocycles. The second-order valence-corrected chi connectivity index (χ2v) is 5.39. The number of carbonyl (C=O) groups excluding carboxylic acids is 2. The van der Waals surface area contributed by atoms with Crippen LogP contribution in [0.2, 0.25) is 0 Å². The van der Waals surface area contributed by atoms with Crippen LogP contribution in [-0.4, -0.2) is 42.9 Å². The van der Waals surface area contributed by atoms with Crippen molar-refractivity contribution in [2.45, 2.75) is 25.8 Å². The highest BCUT2D eigenvalue weighted by Crippen LogP contribution is 2.22. The van der Waals surface area contributed by atoms with Crippen molar-refractivity contribution in [3.63, 3.8) is 0 Å². The van der Waals surface area contributed by atoms with Gasteiger partial charge in [-0.3, -0.25) is 9.59 Å². The van der Waals surface area contributed by atoms with Gasteiger partial charge in [0.1, 0.15) is 5.82 Å². The topological polar surface area (TPSA) is 61.4 Å². The van der Waals surface area contributed by atoms with E-state index in [9.17, 15) is 14.0 Å². The van der Waals surface area contributed by atoms with Crippen LogP contribution in [0, 0.1) is 5.82 Å². The third-order valence-electron chi connectivity index (χ3n) is 3.71. The van der Waals surface area contributed by atoms with Crippen LogP contribution >= 0.6 is 0 Å². The van der Waals surface area contributed by atoms with Gasteiger partial charge in [0, 0.05) is 26.1 Å². The smallest absolute Gasteiger partial charge is 0.242 e. The van der Waals surface area contributed by atoms with Gasteiger partial charge in [0.15, 0.2) is 0 Å². The van der Waals surface area contributed by atoms with Crippen LogP contribution in [0.1, 0.15) is 31.4 Å². The van der Waals surface area contributed by atoms with Crippen molar-refractivity contribution in [2.24, 2.45) is 0 Å². The normalized spacial score (nSPS) is 18.1. The second kappa shape index (κ2) is 7.89. The lowest BCUT2D eigenvalue weighted by Gasteiger charge is -2.36. The van der Waals surface area contributed by atoms with Crippen LogP contribution in [0.25, 0.3) is 0 Å². The number of piperazine rings is 1. The largest absolute Gasteiger partial charge is 0.347 e. The van der Waals surface area contributed by atoms with Gasteiger partial charge in [0.25, 0.3) is 0 Å². The number of carbonyl (C=O) groups is 2. The fourth-order valence-corrected chi connectivity index (χ4v) is 2.61. The molecule has 1 saturated heterocycles. The highest BCUT2D eigenvalue weighted by atomic mass is 19.1. The summed E-state index contributed by atoms with van der Waals surface area (Å²) in [5, 5.41) is 5.86. The first-order valence-electron chi connectivity index (χ1n) is 7.64. The van der Waals surface area contributed by atoms with Crippen LogP contribution in [0.5, 0.6) is 0 Å². The fraction of sp³-hybridized carbons (Fsp3) is 0.500. The van der Waals surface area contributed by atoms with E-state index in [1.165, 1.54) is 12.1 Å². The van der Waals surface area contributed by atoms with Gasteiger partial charge in [-0.15, -0.1) is 0 Å². The maximum absolute atomic E-state index is 13.4. The SMILES string of the molecule is CCCC(=O)NCC(=O)N1CCNCC1c1cccc(F)c1. The molecule has 1 atom stereocenters. The molecule has 1 aromatic rings. The van der Waals surface area contributed by atoms with Crippen molar-refractivity contribution < 1.29 is 14.0 Å². The average Bonchev–Trinajstić information content (AvgIpc) is 2.53. The van der Waals surface area contributed by atoms with Gasteiger partial charge in [-0.2, -0.15) is 0 Å². The van der Waals surface area contributed by atoms with Crippen molar-refractivity contribution in [3.05, 3.63) is 35.6 Å². The van der Waals surface area contributed by atoms with Crippen molar-refractivity contribution in [2.75, 3.05) is 26.2 Å². The number of benzene rings is 1. The Morgan fingerprint density at radius 3 is 3.00 bits per heavy atom. The zero-order valence-corrected chi connectivity index (χ0v) is 12.8. The fourth-order valence-electron chi connectivity index (χ4n) is 2.61. The Hall–Kier alpha value is -1.95. The lowest BCUT2D eigenvalue weighted by Crippen LogP contribution is -2.51. The van der Waals surface area contributed by atoms with Crippen molar-refractivity contribution in [1.29, 1.82) is 0 Å². The third-order valence-corrected chi connectivity index (χ3v) is 3.71. The maximum atomic E-state index is 13.4. The van der Waals surface area contributed by atoms with Crippen molar-refractivity contribution in [3.8, 4) is 0 Å². The molecule has 1 aromatic carbocycles. The van der Waals surface area contributed by atoms with Crippen LogP contribution in [0.15, 0.2) is 24.3 Å². The van der Waals surface area contributed by atoms with Crippen LogP contribution in [0.4, 0.5) is 4.39 Å². The summed E-state index contributed by atoms with van der Waals surface area (Å²) < 4.78 is 13.4. The Labute approximate surface area is 129 Å². The third kappa shape index (κ3) is 4.27. The molecule has 5 nitrogen and oxygen atoms in total. The van der Waals surface area contributed by atoms with Crippen LogP contribution in [0.3, 0.4) is 0 Å². The average molecular weight is 307 g/mol. The molecular weight excluding hydrogens is 285 g/mol. The Balaban J connectivity index is 2.03. The summed E-state index contributed by atoms with van der Waals surface area (Å²) in [6, 6.07) is 6.09. The Morgan fingerprint density at radius 1 is 1.45 bits per heavy atom. The molecule has 0 radical (unpaired) electrons. The molecule has 0 bridgehead atoms. The van der Waals surface area contributed by atoms with Gasteiger partial charge in [-0.05, 0) is 24.1 Å². The molecule has 0 saturated carbocycles. The number of amides is 2. The van der Waals surface area contributed by atoms with E-state index in [0.717, 1.165) is 12.0 Å². The van der Waals surface area contributed by atoms with E-state index < -0.39 is 0 Å². The summed E-state index contributed by atoms with van der Waals surface area (Å²) in [7, 11) is 0. The molecular formula is C16H22FN3O2. The van der Waals surface area contributed by atoms with Gasteiger partial charge >= 0.3 is 0 Å². The lowest BCUT2D eigenvalue weighted by atomic mass is 10.0. The minimum absolute atomic E-state index is 0.00928. The van der Waals surface area contributed by atoms with Crippen LogP contribution in [-0.2, 0) is 9.59 Å². The van der Waals surface area contributed by atoms with Gasteiger partial charge in [-0.1, -0.05) is 19.1 Å². The van der Waals surface area contributed by atoms with Crippen molar-refractivity contribution >= 4 is 11.8 Å². The molecule has 1 heterocycles. The first kappa shape index (κ1) is 16.4. The molecule has 1 aliphatic heterocycles. The molecule has 1 fully saturated rings. The quantitative estimate of drug-likeness (QED) is 0.860. The zero-order chi connectivity index (χ0) is 15.9. The Kier molecular flexibility index (Phi) is 5.89. The van der Waals surface area contributed by atoms with E-state index in [1.807, 2.05) is 13.0 Å². The number of hydrogen-bond acceptors (Lipinski definition) is 3. The molecule has 120 valence electrons. The summed E-state index contributed by atoms with van der Waals surface area (Å²) in [5.74, 6) is -0.569. The molecule has 2 rings (SSSR count). The summed E-state index contributed by atoms with van der Waals surface area (Å²) in [6.45, 7) is 3.73. The van der Waals surface area contributed by atoms with E-state index in [-0.39, 0.29) is 30.2 Å². The van der Waals surface area contributed by atoms with E-state index in [4.69, 9.17) is 0 Å². The second-order valence-electron chi connectivity index (χ2n) is 5.39. The molecule has 1 aliphatic rings. The van der Waals surface area contributed by atoms with E-state index in [0.29, 0.717) is 26.1 Å². The summed E-state index contributed by atoms with van der Waals surface area (Å²) in [6.07, 6.45) is 1.17. The first-order chi connectivity index (χ1) is 10.6. The van der Waals surface area contributed by atoms with Crippen LogP contribution < -0.4 is 10.6 Å². The van der Waals surface area contributed by atoms with Gasteiger partial charge < -0.3 is 15.5 Å². The van der Waals surface area contributed by atoms with Gasteiger partial charge in [0.05, 0.1) is 12.6 Å². The Bertz CT molecular complexity index is 536. The van der Waals surface area contributed by atoms with E-state index in [2.05, 4.69) is 10.6 Å². The van der Waals surface area contributed by atoms with E-state index in [1.54, 1.807) is 11.0 Å². The number of rotatable bonds is 5. The monoisotopic (exact) mass is 307 g/mol. The number of nitrogens with zero attached hydrogens (tertiary/aromatic N) is 1. The number of hydrogen-bond donors (Lipinski definition) is 2. The first-order valence-corrected chi connectivity index (χ1v) is 7.64. The van der Waals surface area contributed by atoms with Gasteiger partial charge in [0.2, 0.25) is 11.8 Å². The van der Waals surface area contributed by atoms with Crippen molar-refractivity contribution in [1.82, 2.24) is 15.5 Å². The number of halogens is 1. The molecule has 2 amide bonds. The Morgan fingerprint density at radius 2 is 2.27 bits per heavy atom.